The van der Waals surface area contributed by atoms with Gasteiger partial charge in [-0.05, 0) is 36.8 Å². The molecule has 0 aliphatic carbocycles. The summed E-state index contributed by atoms with van der Waals surface area (Å²) in [7, 11) is -0.921. The van der Waals surface area contributed by atoms with E-state index in [9.17, 15) is 37.8 Å². The van der Waals surface area contributed by atoms with Gasteiger partial charge in [-0.15, -0.1) is 28.2 Å². The minimum Gasteiger partial charge on any atom is -0.488 e. The summed E-state index contributed by atoms with van der Waals surface area (Å²) in [5.74, 6) is -2.36. The maximum atomic E-state index is 12.9. The first-order chi connectivity index (χ1) is 25.1. The Morgan fingerprint density at radius 2 is 1.92 bits per heavy atom. The van der Waals surface area contributed by atoms with Crippen LogP contribution in [-0.2, 0) is 36.3 Å². The Balaban J connectivity index is 0.000000265. The van der Waals surface area contributed by atoms with Crippen LogP contribution in [0.3, 0.4) is 0 Å². The SMILES string of the molecule is CO/N=C(\C(=O)N[C@@H]1C(=O)N2C(C(=O)O)=C(CSc3nc(=O)c(O)nn3C)CS[C@H]12)c1csc(N)n1.Cc1cc(NS(=O)(=O)c2ccc(N)cc2)no1. The van der Waals surface area contributed by atoms with Crippen LogP contribution in [0.2, 0.25) is 0 Å². The molecule has 8 N–H and O–H groups in total. The first-order valence-corrected chi connectivity index (χ1v) is 19.1. The number of benzene rings is 1. The van der Waals surface area contributed by atoms with Crippen molar-refractivity contribution in [2.24, 2.45) is 12.2 Å². The summed E-state index contributed by atoms with van der Waals surface area (Å²) in [6.07, 6.45) is 0. The number of amides is 2. The van der Waals surface area contributed by atoms with Gasteiger partial charge in [-0.2, -0.15) is 4.98 Å². The van der Waals surface area contributed by atoms with Gasteiger partial charge in [0.05, 0.1) is 4.90 Å². The van der Waals surface area contributed by atoms with Crippen LogP contribution in [-0.4, -0.2) is 102 Å². The van der Waals surface area contributed by atoms with Crippen LogP contribution in [0, 0.1) is 6.92 Å². The molecule has 6 rings (SSSR count). The van der Waals surface area contributed by atoms with Crippen molar-refractivity contribution in [1.82, 2.24) is 35.1 Å². The van der Waals surface area contributed by atoms with E-state index in [1.165, 1.54) is 66.3 Å². The zero-order chi connectivity index (χ0) is 38.6. The molecular weight excluding hydrogens is 779 g/mol. The molecule has 2 aliphatic heterocycles. The molecule has 1 aromatic carbocycles. The lowest BCUT2D eigenvalue weighted by molar-refractivity contribution is -0.150. The van der Waals surface area contributed by atoms with E-state index in [2.05, 4.69) is 35.4 Å². The number of anilines is 3. The zero-order valence-corrected chi connectivity index (χ0v) is 30.9. The minimum atomic E-state index is -3.64. The fourth-order valence-electron chi connectivity index (χ4n) is 4.67. The predicted octanol–water partition coefficient (Wildman–Crippen LogP) is 0.167. The van der Waals surface area contributed by atoms with E-state index < -0.39 is 50.7 Å². The molecule has 0 spiro atoms. The van der Waals surface area contributed by atoms with Crippen LogP contribution < -0.4 is 27.1 Å². The van der Waals surface area contributed by atoms with Crippen LogP contribution in [0.1, 0.15) is 11.5 Å². The fourth-order valence-corrected chi connectivity index (χ4v) is 8.59. The second kappa shape index (κ2) is 15.9. The summed E-state index contributed by atoms with van der Waals surface area (Å²) in [5, 5.41) is 33.9. The van der Waals surface area contributed by atoms with Gasteiger partial charge in [-0.3, -0.25) is 24.0 Å². The Hall–Kier alpha value is -5.66. The van der Waals surface area contributed by atoms with Crippen molar-refractivity contribution in [3.8, 4) is 5.88 Å². The van der Waals surface area contributed by atoms with Crippen LogP contribution >= 0.6 is 34.9 Å². The summed E-state index contributed by atoms with van der Waals surface area (Å²) < 4.78 is 32.0. The van der Waals surface area contributed by atoms with Gasteiger partial charge >= 0.3 is 11.5 Å². The molecule has 2 atom stereocenters. The smallest absolute Gasteiger partial charge is 0.352 e. The standard InChI is InChI=1S/C18H18N8O7S3.C10H11N3O3S/c1-25-18(22-12(28)13(29)23-25)36-4-6-3-34-15-9(14(30)26(15)10(6)16(31)32)21-11(27)8(24-33-2)7-5-35-17(19)20-7;1-7-6-10(12-16-7)13-17(14,15)9-4-2-8(11)3-5-9/h5,9,15H,3-4H2,1-2H3,(H2,19,20)(H,21,27)(H,23,29)(H,31,32);2-6H,11H2,1H3,(H,12,13)/b24-8-;/t9-,15-;/m1./s1. The molecule has 1 fully saturated rings. The van der Waals surface area contributed by atoms with Gasteiger partial charge in [0.15, 0.2) is 21.8 Å². The number of aryl methyl sites for hydroxylation is 2. The molecule has 53 heavy (non-hydrogen) atoms. The summed E-state index contributed by atoms with van der Waals surface area (Å²) in [6.45, 7) is 1.67. The van der Waals surface area contributed by atoms with E-state index in [4.69, 9.17) is 20.8 Å². The highest BCUT2D eigenvalue weighted by Gasteiger charge is 2.54. The monoisotopic (exact) mass is 807 g/mol. The molecule has 4 aromatic rings. The van der Waals surface area contributed by atoms with Gasteiger partial charge in [-0.25, -0.2) is 22.9 Å². The third kappa shape index (κ3) is 8.70. The number of rotatable bonds is 11. The molecule has 0 saturated carbocycles. The number of nitrogens with two attached hydrogens (primary N) is 2. The molecule has 0 radical (unpaired) electrons. The van der Waals surface area contributed by atoms with Crippen LogP contribution in [0.5, 0.6) is 5.88 Å². The number of carbonyl (C=O) groups excluding carboxylic acids is 2. The Bertz CT molecular complexity index is 2290. The van der Waals surface area contributed by atoms with Crippen molar-refractivity contribution >= 4 is 85.0 Å². The number of hydrogen-bond acceptors (Lipinski definition) is 19. The number of carboxylic acids is 1. The summed E-state index contributed by atoms with van der Waals surface area (Å²) in [6, 6.07) is 6.38. The molecule has 2 amide bonds. The van der Waals surface area contributed by atoms with Gasteiger partial charge in [0, 0.05) is 35.7 Å². The maximum Gasteiger partial charge on any atom is 0.352 e. The normalized spacial score (nSPS) is 16.9. The third-order valence-corrected chi connectivity index (χ3v) is 11.5. The van der Waals surface area contributed by atoms with Crippen molar-refractivity contribution in [3.05, 3.63) is 68.8 Å². The molecule has 0 unspecified atom stereocenters. The molecule has 3 aromatic heterocycles. The molecule has 280 valence electrons. The number of carboxylic acid groups (broad SMARTS) is 1. The number of thioether (sulfide) groups is 2. The molecule has 2 aliphatic rings. The highest BCUT2D eigenvalue weighted by Crippen LogP contribution is 2.41. The number of nitrogens with one attached hydrogen (secondary N) is 2. The van der Waals surface area contributed by atoms with Gasteiger partial charge in [0.25, 0.3) is 27.7 Å². The molecule has 0 bridgehead atoms. The number of aromatic nitrogens is 5. The summed E-state index contributed by atoms with van der Waals surface area (Å²) in [5.41, 5.74) is 10.9. The number of β-lactam (4-membered cyclic amide) rings is 1. The van der Waals surface area contributed by atoms with Gasteiger partial charge in [-0.1, -0.05) is 22.1 Å². The Kier molecular flexibility index (Phi) is 11.6. The fraction of sp³-hybridized carbons (Fsp3) is 0.250. The number of oxime groups is 1. The first kappa shape index (κ1) is 38.6. The second-order valence-electron chi connectivity index (χ2n) is 10.7. The number of thiazole rings is 1. The molecule has 25 heteroatoms. The number of sulfonamides is 1. The Morgan fingerprint density at radius 1 is 1.21 bits per heavy atom. The van der Waals surface area contributed by atoms with E-state index >= 15 is 0 Å². The minimum absolute atomic E-state index is 0.102. The topological polar surface area (TPSA) is 313 Å². The Labute approximate surface area is 311 Å². The average molecular weight is 808 g/mol. The summed E-state index contributed by atoms with van der Waals surface area (Å²) >= 11 is 3.41. The molecule has 1 saturated heterocycles. The van der Waals surface area contributed by atoms with E-state index in [1.807, 2.05) is 0 Å². The average Bonchev–Trinajstić information content (AvgIpc) is 3.73. The molecule has 5 heterocycles. The van der Waals surface area contributed by atoms with E-state index in [1.54, 1.807) is 6.92 Å². The van der Waals surface area contributed by atoms with E-state index in [0.717, 1.165) is 28.0 Å². The van der Waals surface area contributed by atoms with Crippen LogP contribution in [0.15, 0.2) is 71.5 Å². The Morgan fingerprint density at radius 3 is 2.53 bits per heavy atom. The number of nitrogens with zero attached hydrogens (tertiary/aromatic N) is 7. The number of aromatic hydroxyl groups is 1. The largest absolute Gasteiger partial charge is 0.488 e. The van der Waals surface area contributed by atoms with Crippen molar-refractivity contribution in [1.29, 1.82) is 0 Å². The number of hydrogen-bond donors (Lipinski definition) is 6. The highest BCUT2D eigenvalue weighted by molar-refractivity contribution is 8.01. The predicted molar refractivity (Wildman–Crippen MR) is 192 cm³/mol. The maximum absolute atomic E-state index is 12.9. The lowest BCUT2D eigenvalue weighted by atomic mass is 10.0. The summed E-state index contributed by atoms with van der Waals surface area (Å²) in [4.78, 5) is 63.1. The van der Waals surface area contributed by atoms with Crippen molar-refractivity contribution in [2.45, 2.75) is 28.4 Å². The quantitative estimate of drug-likeness (QED) is 0.0387. The lowest BCUT2D eigenvalue weighted by Crippen LogP contribution is -2.71. The van der Waals surface area contributed by atoms with Crippen LogP contribution in [0.25, 0.3) is 0 Å². The van der Waals surface area contributed by atoms with Crippen molar-refractivity contribution in [3.63, 3.8) is 0 Å². The molecular formula is C28H29N11O10S4. The number of aliphatic carboxylic acids is 1. The number of nitrogen functional groups attached to an aromatic ring is 2. The van der Waals surface area contributed by atoms with Crippen molar-refractivity contribution in [2.75, 3.05) is 34.8 Å². The molecule has 21 nitrogen and oxygen atoms in total. The lowest BCUT2D eigenvalue weighted by Gasteiger charge is -2.49. The first-order valence-electron chi connectivity index (χ1n) is 14.7. The van der Waals surface area contributed by atoms with E-state index in [-0.39, 0.29) is 49.6 Å². The van der Waals surface area contributed by atoms with Gasteiger partial charge in [0.1, 0.15) is 35.7 Å². The van der Waals surface area contributed by atoms with Crippen LogP contribution in [0.4, 0.5) is 16.6 Å². The number of carbonyl (C=O) groups is 3. The highest BCUT2D eigenvalue weighted by atomic mass is 32.2. The number of fused-ring (bicyclic) bond motifs is 1. The third-order valence-electron chi connectivity index (χ3n) is 7.04. The van der Waals surface area contributed by atoms with Gasteiger partial charge < -0.3 is 36.4 Å². The second-order valence-corrected chi connectivity index (χ2v) is 15.4. The van der Waals surface area contributed by atoms with E-state index in [0.29, 0.717) is 17.0 Å². The van der Waals surface area contributed by atoms with Gasteiger partial charge in [0.2, 0.25) is 0 Å². The zero-order valence-electron chi connectivity index (χ0n) is 27.6. The van der Waals surface area contributed by atoms with Crippen molar-refractivity contribution < 1.29 is 42.4 Å².